The third kappa shape index (κ3) is 7.49. The van der Waals surface area contributed by atoms with E-state index in [1.807, 2.05) is 0 Å². The number of aliphatic hydroxyl groups excluding tert-OH is 1. The number of carbonyl (C=O) groups excluding carboxylic acids is 1. The van der Waals surface area contributed by atoms with Gasteiger partial charge in [0.05, 0.1) is 12.6 Å². The van der Waals surface area contributed by atoms with Crippen LogP contribution in [-0.4, -0.2) is 36.2 Å². The highest BCUT2D eigenvalue weighted by atomic mass is 35.5. The Morgan fingerprint density at radius 3 is 2.43 bits per heavy atom. The van der Waals surface area contributed by atoms with E-state index >= 15 is 0 Å². The summed E-state index contributed by atoms with van der Waals surface area (Å²) in [6, 6.07) is 10.8. The average molecular weight is 441 g/mol. The molecule has 2 aromatic rings. The molecule has 0 aliphatic carbocycles. The van der Waals surface area contributed by atoms with E-state index < -0.39 is 18.0 Å². The molecule has 0 heterocycles. The summed E-state index contributed by atoms with van der Waals surface area (Å²) >= 11 is 5.82. The van der Waals surface area contributed by atoms with Crippen LogP contribution in [0.25, 0.3) is 0 Å². The Labute approximate surface area is 177 Å². The fourth-order valence-corrected chi connectivity index (χ4v) is 2.61. The number of benzene rings is 2. The van der Waals surface area contributed by atoms with Crippen LogP contribution in [0.3, 0.4) is 0 Å². The maximum Gasteiger partial charge on any atom is 0.319 e. The number of hydrogen-bond acceptors (Lipinski definition) is 4. The van der Waals surface area contributed by atoms with Gasteiger partial charge in [0, 0.05) is 29.6 Å². The zero-order valence-electron chi connectivity index (χ0n) is 16.2. The molecule has 0 saturated carbocycles. The van der Waals surface area contributed by atoms with Crippen LogP contribution in [0.1, 0.15) is 18.1 Å². The minimum absolute atomic E-state index is 0.0420. The fourth-order valence-electron chi connectivity index (χ4n) is 2.48. The molecule has 0 aliphatic heterocycles. The van der Waals surface area contributed by atoms with Crippen LogP contribution in [0.2, 0.25) is 5.02 Å². The SMILES string of the molecule is CC(F)(F)c1ccc(CC(NC(=O)Nc2ccc(Cl)cc2)/C(N)=N/OCCO)cc1. The standard InChI is InChI=1S/C20H23ClF2N4O3/c1-20(22,23)14-4-2-13(3-5-14)12-17(18(24)27-30-11-10-28)26-19(29)25-16-8-6-15(21)7-9-16/h2-9,17,28H,10-12H2,1H3,(H2,24,27)(H2,25,26,29). The number of carbonyl (C=O) groups is 1. The van der Waals surface area contributed by atoms with Crippen molar-refractivity contribution in [1.82, 2.24) is 5.32 Å². The second-order valence-electron chi connectivity index (χ2n) is 6.52. The minimum atomic E-state index is -2.95. The van der Waals surface area contributed by atoms with Crippen molar-refractivity contribution in [3.8, 4) is 0 Å². The second-order valence-corrected chi connectivity index (χ2v) is 6.96. The zero-order chi connectivity index (χ0) is 22.1. The quantitative estimate of drug-likeness (QED) is 0.207. The molecule has 0 saturated heterocycles. The first-order valence-electron chi connectivity index (χ1n) is 9.05. The van der Waals surface area contributed by atoms with Gasteiger partial charge in [0.15, 0.2) is 5.84 Å². The number of amidine groups is 1. The molecular weight excluding hydrogens is 418 g/mol. The molecule has 5 N–H and O–H groups in total. The highest BCUT2D eigenvalue weighted by Gasteiger charge is 2.24. The summed E-state index contributed by atoms with van der Waals surface area (Å²) in [5, 5.41) is 18.3. The first-order valence-corrected chi connectivity index (χ1v) is 9.43. The normalized spacial score (nSPS) is 12.9. The Balaban J connectivity index is 2.12. The van der Waals surface area contributed by atoms with Crippen molar-refractivity contribution in [2.75, 3.05) is 18.5 Å². The van der Waals surface area contributed by atoms with Crippen molar-refractivity contribution in [1.29, 1.82) is 0 Å². The number of urea groups is 1. The number of halogens is 3. The molecule has 1 unspecified atom stereocenters. The molecule has 0 aliphatic rings. The van der Waals surface area contributed by atoms with Gasteiger partial charge in [-0.1, -0.05) is 41.0 Å². The summed E-state index contributed by atoms with van der Waals surface area (Å²) in [4.78, 5) is 17.2. The fraction of sp³-hybridized carbons (Fsp3) is 0.300. The number of nitrogens with zero attached hydrogens (tertiary/aromatic N) is 1. The summed E-state index contributed by atoms with van der Waals surface area (Å²) in [5.41, 5.74) is 6.97. The van der Waals surface area contributed by atoms with Crippen molar-refractivity contribution >= 4 is 29.2 Å². The average Bonchev–Trinajstić information content (AvgIpc) is 2.69. The van der Waals surface area contributed by atoms with Gasteiger partial charge in [0.1, 0.15) is 6.61 Å². The smallest absolute Gasteiger partial charge is 0.319 e. The Kier molecular flexibility index (Phi) is 8.37. The number of oxime groups is 1. The first-order chi connectivity index (χ1) is 14.2. The molecule has 0 spiro atoms. The lowest BCUT2D eigenvalue weighted by atomic mass is 10.0. The lowest BCUT2D eigenvalue weighted by Crippen LogP contribution is -2.47. The van der Waals surface area contributed by atoms with Crippen LogP contribution in [-0.2, 0) is 17.2 Å². The number of hydrogen-bond donors (Lipinski definition) is 4. The van der Waals surface area contributed by atoms with Crippen LogP contribution in [0.5, 0.6) is 0 Å². The van der Waals surface area contributed by atoms with E-state index in [0.717, 1.165) is 6.92 Å². The molecule has 2 amide bonds. The summed E-state index contributed by atoms with van der Waals surface area (Å²) in [6.45, 7) is 0.500. The lowest BCUT2D eigenvalue weighted by molar-refractivity contribution is 0.0174. The van der Waals surface area contributed by atoms with E-state index in [0.29, 0.717) is 16.3 Å². The zero-order valence-corrected chi connectivity index (χ0v) is 17.0. The molecular formula is C20H23ClF2N4O3. The van der Waals surface area contributed by atoms with E-state index in [9.17, 15) is 13.6 Å². The van der Waals surface area contributed by atoms with Gasteiger partial charge in [0.2, 0.25) is 0 Å². The summed E-state index contributed by atoms with van der Waals surface area (Å²) in [5.74, 6) is -2.99. The van der Waals surface area contributed by atoms with Crippen LogP contribution in [0.4, 0.5) is 19.3 Å². The largest absolute Gasteiger partial charge is 0.393 e. The van der Waals surface area contributed by atoms with Gasteiger partial charge in [-0.2, -0.15) is 0 Å². The third-order valence-corrected chi connectivity index (χ3v) is 4.27. The molecule has 1 atom stereocenters. The molecule has 0 bridgehead atoms. The van der Waals surface area contributed by atoms with Crippen molar-refractivity contribution < 1.29 is 23.5 Å². The van der Waals surface area contributed by atoms with Crippen molar-refractivity contribution in [2.24, 2.45) is 10.9 Å². The minimum Gasteiger partial charge on any atom is -0.393 e. The number of anilines is 1. The van der Waals surface area contributed by atoms with Crippen LogP contribution < -0.4 is 16.4 Å². The Morgan fingerprint density at radius 1 is 1.23 bits per heavy atom. The van der Waals surface area contributed by atoms with Crippen molar-refractivity contribution in [2.45, 2.75) is 25.3 Å². The van der Waals surface area contributed by atoms with E-state index in [-0.39, 0.29) is 31.0 Å². The second kappa shape index (κ2) is 10.7. The number of amides is 2. The topological polar surface area (TPSA) is 109 Å². The number of rotatable bonds is 9. The molecule has 0 aromatic heterocycles. The molecule has 0 fully saturated rings. The van der Waals surface area contributed by atoms with Crippen LogP contribution in [0.15, 0.2) is 53.7 Å². The Hall–Kier alpha value is -2.91. The summed E-state index contributed by atoms with van der Waals surface area (Å²) in [6.07, 6.45) is 0.182. The molecule has 7 nitrogen and oxygen atoms in total. The molecule has 2 rings (SSSR count). The van der Waals surface area contributed by atoms with Crippen molar-refractivity contribution in [3.05, 3.63) is 64.7 Å². The molecule has 162 valence electrons. The van der Waals surface area contributed by atoms with Gasteiger partial charge >= 0.3 is 6.03 Å². The molecule has 30 heavy (non-hydrogen) atoms. The monoisotopic (exact) mass is 440 g/mol. The predicted octanol–water partition coefficient (Wildman–Crippen LogP) is 3.47. The van der Waals surface area contributed by atoms with Gasteiger partial charge in [-0.15, -0.1) is 0 Å². The van der Waals surface area contributed by atoms with E-state index in [1.54, 1.807) is 24.3 Å². The Morgan fingerprint density at radius 2 is 1.87 bits per heavy atom. The highest BCUT2D eigenvalue weighted by molar-refractivity contribution is 6.30. The third-order valence-electron chi connectivity index (χ3n) is 4.02. The van der Waals surface area contributed by atoms with E-state index in [2.05, 4.69) is 15.8 Å². The van der Waals surface area contributed by atoms with E-state index in [4.69, 9.17) is 27.3 Å². The van der Waals surface area contributed by atoms with Gasteiger partial charge in [-0.05, 0) is 29.8 Å². The number of alkyl halides is 2. The summed E-state index contributed by atoms with van der Waals surface area (Å²) in [7, 11) is 0. The van der Waals surface area contributed by atoms with Crippen molar-refractivity contribution in [3.63, 3.8) is 0 Å². The summed E-state index contributed by atoms with van der Waals surface area (Å²) < 4.78 is 26.8. The maximum absolute atomic E-state index is 13.4. The molecule has 0 radical (unpaired) electrons. The predicted molar refractivity (Wildman–Crippen MR) is 112 cm³/mol. The van der Waals surface area contributed by atoms with Gasteiger partial charge < -0.3 is 26.3 Å². The number of aliphatic hydroxyl groups is 1. The molecule has 2 aromatic carbocycles. The Bertz CT molecular complexity index is 856. The van der Waals surface area contributed by atoms with Crippen LogP contribution >= 0.6 is 11.6 Å². The molecule has 10 heteroatoms. The maximum atomic E-state index is 13.4. The van der Waals surface area contributed by atoms with E-state index in [1.165, 1.54) is 24.3 Å². The van der Waals surface area contributed by atoms with Crippen LogP contribution in [0, 0.1) is 0 Å². The first kappa shape index (κ1) is 23.4. The highest BCUT2D eigenvalue weighted by Crippen LogP contribution is 2.27. The van der Waals surface area contributed by atoms with Gasteiger partial charge in [-0.25, -0.2) is 13.6 Å². The number of nitrogens with two attached hydrogens (primary N) is 1. The lowest BCUT2D eigenvalue weighted by Gasteiger charge is -2.19. The van der Waals surface area contributed by atoms with Gasteiger partial charge in [-0.3, -0.25) is 0 Å². The van der Waals surface area contributed by atoms with Gasteiger partial charge in [0.25, 0.3) is 5.92 Å². The number of nitrogens with one attached hydrogen (secondary N) is 2.